The van der Waals surface area contributed by atoms with Gasteiger partial charge in [-0.25, -0.2) is 4.57 Å². The fourth-order valence-corrected chi connectivity index (χ4v) is 5.05. The fraction of sp³-hybridized carbons (Fsp3) is 0.645. The van der Waals surface area contributed by atoms with Gasteiger partial charge in [-0.3, -0.25) is 13.8 Å². The van der Waals surface area contributed by atoms with E-state index in [1.54, 1.807) is 0 Å². The number of carbonyl (C=O) groups excluding carboxylic acids is 1. The minimum Gasteiger partial charge on any atom is -0.463 e. The average Bonchev–Trinajstić information content (AvgIpc) is 3.00. The van der Waals surface area contributed by atoms with Crippen molar-refractivity contribution in [1.29, 1.82) is 0 Å². The molecule has 6 atom stereocenters. The predicted molar refractivity (Wildman–Crippen MR) is 165 cm³/mol. The van der Waals surface area contributed by atoms with Crippen molar-refractivity contribution < 1.29 is 58.7 Å². The number of allylic oxidation sites excluding steroid dienone is 10. The van der Waals surface area contributed by atoms with Gasteiger partial charge in [-0.05, 0) is 51.4 Å². The van der Waals surface area contributed by atoms with Gasteiger partial charge >= 0.3 is 13.8 Å². The molecule has 0 aromatic heterocycles. The predicted octanol–water partition coefficient (Wildman–Crippen LogP) is 2.91. The van der Waals surface area contributed by atoms with Crippen molar-refractivity contribution in [1.82, 2.24) is 0 Å². The van der Waals surface area contributed by atoms with Crippen molar-refractivity contribution >= 4 is 13.8 Å². The van der Waals surface area contributed by atoms with Crippen molar-refractivity contribution in [2.75, 3.05) is 13.2 Å². The summed E-state index contributed by atoms with van der Waals surface area (Å²) in [5, 5.41) is 58.6. The molecule has 0 aliphatic heterocycles. The molecule has 7 N–H and O–H groups in total. The van der Waals surface area contributed by atoms with E-state index in [2.05, 4.69) is 76.7 Å². The SMILES string of the molecule is CC/C=C\C/C=C\C/C=C\C/C=C\C/C=C\CCCCCC(=O)OCC(O)COP(=O)(O)OC1C(O)C(O)C(O)C(O)C1O. The van der Waals surface area contributed by atoms with Crippen LogP contribution in [0.4, 0.5) is 0 Å². The Labute approximate surface area is 260 Å². The molecule has 0 amide bonds. The maximum atomic E-state index is 12.1. The number of ether oxygens (including phenoxy) is 1. The van der Waals surface area contributed by atoms with Crippen molar-refractivity contribution in [3.63, 3.8) is 0 Å². The number of aliphatic hydroxyl groups is 6. The van der Waals surface area contributed by atoms with Crippen LogP contribution in [0.2, 0.25) is 0 Å². The number of esters is 1. The van der Waals surface area contributed by atoms with Crippen LogP contribution in [0.3, 0.4) is 0 Å². The molecule has 1 saturated carbocycles. The summed E-state index contributed by atoms with van der Waals surface area (Å²) in [6, 6.07) is 0. The van der Waals surface area contributed by atoms with Gasteiger partial charge < -0.3 is 40.3 Å². The molecule has 1 aliphatic carbocycles. The van der Waals surface area contributed by atoms with E-state index >= 15 is 0 Å². The van der Waals surface area contributed by atoms with Gasteiger partial charge in [-0.15, -0.1) is 0 Å². The van der Waals surface area contributed by atoms with Gasteiger partial charge in [0.15, 0.2) is 0 Å². The van der Waals surface area contributed by atoms with Gasteiger partial charge in [0, 0.05) is 6.42 Å². The number of unbranched alkanes of at least 4 members (excludes halogenated alkanes) is 3. The molecule has 0 aromatic rings. The summed E-state index contributed by atoms with van der Waals surface area (Å²) in [5.74, 6) is -0.544. The van der Waals surface area contributed by atoms with Crippen molar-refractivity contribution in [3.05, 3.63) is 60.8 Å². The number of aliphatic hydroxyl groups excluding tert-OH is 6. The van der Waals surface area contributed by atoms with E-state index in [1.807, 2.05) is 0 Å². The molecule has 1 rings (SSSR count). The standard InChI is InChI=1S/C31H51O12P/c1-2-3-4-5-6-7-8-9-10-11-12-13-14-15-16-17-18-19-20-21-25(33)41-22-24(32)23-42-44(39,40)43-31-29(37)27(35)26(34)28(36)30(31)38/h3-4,6-7,9-10,12-13,15-16,24,26-32,34-38H,2,5,8,11,14,17-23H2,1H3,(H,39,40)/b4-3-,7-6-,10-9-,13-12-,16-15-. The van der Waals surface area contributed by atoms with E-state index < -0.39 is 69.7 Å². The zero-order chi connectivity index (χ0) is 32.8. The summed E-state index contributed by atoms with van der Waals surface area (Å²) in [6.07, 6.45) is 16.4. The summed E-state index contributed by atoms with van der Waals surface area (Å²) in [7, 11) is -5.00. The summed E-state index contributed by atoms with van der Waals surface area (Å²) >= 11 is 0. The number of phosphoric acid groups is 1. The summed E-state index contributed by atoms with van der Waals surface area (Å²) < 4.78 is 26.3. The molecule has 0 spiro atoms. The second-order valence-corrected chi connectivity index (χ2v) is 11.8. The Balaban J connectivity index is 2.10. The van der Waals surface area contributed by atoms with Crippen LogP contribution in [0.5, 0.6) is 0 Å². The van der Waals surface area contributed by atoms with Crippen LogP contribution >= 0.6 is 7.82 Å². The Morgan fingerprint density at radius 2 is 1.18 bits per heavy atom. The number of hydrogen-bond acceptors (Lipinski definition) is 11. The highest BCUT2D eigenvalue weighted by Crippen LogP contribution is 2.47. The Kier molecular flexibility index (Phi) is 21.3. The van der Waals surface area contributed by atoms with Crippen molar-refractivity contribution in [2.45, 2.75) is 114 Å². The molecule has 0 radical (unpaired) electrons. The molecule has 13 heteroatoms. The molecule has 252 valence electrons. The lowest BCUT2D eigenvalue weighted by molar-refractivity contribution is -0.220. The van der Waals surface area contributed by atoms with E-state index in [0.717, 1.165) is 51.4 Å². The first-order valence-electron chi connectivity index (χ1n) is 15.1. The van der Waals surface area contributed by atoms with Crippen molar-refractivity contribution in [2.24, 2.45) is 0 Å². The van der Waals surface area contributed by atoms with Crippen LogP contribution in [0.25, 0.3) is 0 Å². The molecule has 44 heavy (non-hydrogen) atoms. The highest BCUT2D eigenvalue weighted by molar-refractivity contribution is 7.47. The first-order valence-corrected chi connectivity index (χ1v) is 16.6. The van der Waals surface area contributed by atoms with Crippen LogP contribution in [0, 0.1) is 0 Å². The molecule has 1 aliphatic rings. The van der Waals surface area contributed by atoms with Gasteiger partial charge in [0.25, 0.3) is 0 Å². The molecular formula is C31H51O12P. The second-order valence-electron chi connectivity index (χ2n) is 10.4. The van der Waals surface area contributed by atoms with Crippen LogP contribution in [0.15, 0.2) is 60.8 Å². The monoisotopic (exact) mass is 646 g/mol. The lowest BCUT2D eigenvalue weighted by Gasteiger charge is -2.41. The van der Waals surface area contributed by atoms with E-state index in [1.165, 1.54) is 0 Å². The first kappa shape index (κ1) is 40.1. The number of hydrogen-bond donors (Lipinski definition) is 7. The van der Waals surface area contributed by atoms with Crippen LogP contribution in [-0.2, 0) is 23.1 Å². The van der Waals surface area contributed by atoms with Gasteiger partial charge in [0.05, 0.1) is 6.61 Å². The van der Waals surface area contributed by atoms with Crippen LogP contribution in [0.1, 0.15) is 71.1 Å². The Bertz CT molecular complexity index is 963. The molecule has 0 heterocycles. The highest BCUT2D eigenvalue weighted by atomic mass is 31.2. The Morgan fingerprint density at radius 3 is 1.70 bits per heavy atom. The topological polar surface area (TPSA) is 203 Å². The maximum absolute atomic E-state index is 12.1. The van der Waals surface area contributed by atoms with Crippen molar-refractivity contribution in [3.8, 4) is 0 Å². The molecular weight excluding hydrogens is 595 g/mol. The zero-order valence-electron chi connectivity index (χ0n) is 25.4. The number of rotatable bonds is 22. The third kappa shape index (κ3) is 17.5. The molecule has 0 aromatic carbocycles. The largest absolute Gasteiger partial charge is 0.472 e. The molecule has 0 bridgehead atoms. The molecule has 12 nitrogen and oxygen atoms in total. The maximum Gasteiger partial charge on any atom is 0.472 e. The van der Waals surface area contributed by atoms with E-state index in [4.69, 9.17) is 4.74 Å². The number of phosphoric ester groups is 1. The second kappa shape index (κ2) is 23.4. The van der Waals surface area contributed by atoms with Gasteiger partial charge in [-0.2, -0.15) is 0 Å². The fourth-order valence-electron chi connectivity index (χ4n) is 4.07. The summed E-state index contributed by atoms with van der Waals surface area (Å²) in [5.41, 5.74) is 0. The Hall–Kier alpha value is -1.96. The third-order valence-corrected chi connectivity index (χ3v) is 7.59. The van der Waals surface area contributed by atoms with Gasteiger partial charge in [0.2, 0.25) is 0 Å². The molecule has 0 saturated heterocycles. The minimum atomic E-state index is -5.00. The summed E-state index contributed by atoms with van der Waals surface area (Å²) in [6.45, 7) is 0.831. The minimum absolute atomic E-state index is 0.148. The lowest BCUT2D eigenvalue weighted by atomic mass is 9.85. The average molecular weight is 647 g/mol. The lowest BCUT2D eigenvalue weighted by Crippen LogP contribution is -2.64. The van der Waals surface area contributed by atoms with E-state index in [0.29, 0.717) is 6.42 Å². The number of carbonyl (C=O) groups is 1. The van der Waals surface area contributed by atoms with Gasteiger partial charge in [-0.1, -0.05) is 74.1 Å². The van der Waals surface area contributed by atoms with E-state index in [-0.39, 0.29) is 6.42 Å². The third-order valence-electron chi connectivity index (χ3n) is 6.60. The smallest absolute Gasteiger partial charge is 0.463 e. The Morgan fingerprint density at radius 1 is 0.705 bits per heavy atom. The van der Waals surface area contributed by atoms with Gasteiger partial charge in [0.1, 0.15) is 49.3 Å². The quantitative estimate of drug-likeness (QED) is 0.0393. The van der Waals surface area contributed by atoms with Crippen LogP contribution < -0.4 is 0 Å². The van der Waals surface area contributed by atoms with E-state index in [9.17, 15) is 44.9 Å². The normalized spacial score (nSPS) is 26.8. The van der Waals surface area contributed by atoms with Crippen LogP contribution in [-0.4, -0.2) is 97.4 Å². The zero-order valence-corrected chi connectivity index (χ0v) is 26.3. The summed E-state index contributed by atoms with van der Waals surface area (Å²) in [4.78, 5) is 21.7. The first-order chi connectivity index (χ1) is 21.0. The highest BCUT2D eigenvalue weighted by Gasteiger charge is 2.51. The molecule has 6 unspecified atom stereocenters. The molecule has 1 fully saturated rings.